The second kappa shape index (κ2) is 7.11. The predicted molar refractivity (Wildman–Crippen MR) is 72.2 cm³/mol. The van der Waals surface area contributed by atoms with Gasteiger partial charge in [-0.15, -0.1) is 0 Å². The monoisotopic (exact) mass is 285 g/mol. The summed E-state index contributed by atoms with van der Waals surface area (Å²) in [7, 11) is 0. The number of aliphatic hydroxyl groups is 2. The molecule has 0 aromatic heterocycles. The van der Waals surface area contributed by atoms with Gasteiger partial charge in [-0.05, 0) is 31.0 Å². The Bertz CT molecular complexity index is 442. The molecule has 0 aliphatic heterocycles. The molecule has 1 aromatic carbocycles. The lowest BCUT2D eigenvalue weighted by molar-refractivity contribution is 0.103. The molecule has 1 aromatic rings. The largest absolute Gasteiger partial charge is 0.392 e. The summed E-state index contributed by atoms with van der Waals surface area (Å²) in [5, 5.41) is 23.0. The SMILES string of the molecule is OC(CNC1CCCCCC1O)c1cc(F)ccc1F. The van der Waals surface area contributed by atoms with Gasteiger partial charge in [-0.2, -0.15) is 0 Å². The molecule has 1 aliphatic carbocycles. The number of rotatable bonds is 4. The van der Waals surface area contributed by atoms with Crippen LogP contribution in [0.4, 0.5) is 8.78 Å². The van der Waals surface area contributed by atoms with Crippen LogP contribution in [0.5, 0.6) is 0 Å². The summed E-state index contributed by atoms with van der Waals surface area (Å²) >= 11 is 0. The van der Waals surface area contributed by atoms with Crippen molar-refractivity contribution in [2.45, 2.75) is 50.4 Å². The molecule has 1 saturated carbocycles. The van der Waals surface area contributed by atoms with E-state index in [0.717, 1.165) is 50.3 Å². The fourth-order valence-electron chi connectivity index (χ4n) is 2.67. The molecule has 112 valence electrons. The first kappa shape index (κ1) is 15.4. The highest BCUT2D eigenvalue weighted by Gasteiger charge is 2.22. The third-order valence-electron chi connectivity index (χ3n) is 3.87. The van der Waals surface area contributed by atoms with E-state index in [1.54, 1.807) is 0 Å². The maximum atomic E-state index is 13.5. The van der Waals surface area contributed by atoms with Crippen LogP contribution in [0.3, 0.4) is 0 Å². The molecular weight excluding hydrogens is 264 g/mol. The van der Waals surface area contributed by atoms with Crippen molar-refractivity contribution in [3.63, 3.8) is 0 Å². The van der Waals surface area contributed by atoms with Gasteiger partial charge in [0.15, 0.2) is 0 Å². The van der Waals surface area contributed by atoms with Gasteiger partial charge < -0.3 is 15.5 Å². The highest BCUT2D eigenvalue weighted by atomic mass is 19.1. The smallest absolute Gasteiger partial charge is 0.129 e. The summed E-state index contributed by atoms with van der Waals surface area (Å²) in [5.74, 6) is -1.20. The lowest BCUT2D eigenvalue weighted by Gasteiger charge is -2.23. The van der Waals surface area contributed by atoms with Crippen LogP contribution in [0.2, 0.25) is 0 Å². The minimum Gasteiger partial charge on any atom is -0.392 e. The molecule has 5 heteroatoms. The van der Waals surface area contributed by atoms with Gasteiger partial charge in [0.2, 0.25) is 0 Å². The quantitative estimate of drug-likeness (QED) is 0.744. The first-order valence-corrected chi connectivity index (χ1v) is 7.12. The molecule has 3 atom stereocenters. The molecule has 0 amide bonds. The van der Waals surface area contributed by atoms with E-state index in [1.807, 2.05) is 0 Å². The summed E-state index contributed by atoms with van der Waals surface area (Å²) in [4.78, 5) is 0. The van der Waals surface area contributed by atoms with Crippen LogP contribution in [-0.4, -0.2) is 28.9 Å². The third-order valence-corrected chi connectivity index (χ3v) is 3.87. The lowest BCUT2D eigenvalue weighted by Crippen LogP contribution is -2.41. The van der Waals surface area contributed by atoms with Crippen LogP contribution in [0.15, 0.2) is 18.2 Å². The van der Waals surface area contributed by atoms with Gasteiger partial charge in [-0.25, -0.2) is 8.78 Å². The fourth-order valence-corrected chi connectivity index (χ4v) is 2.67. The van der Waals surface area contributed by atoms with Crippen LogP contribution in [0.25, 0.3) is 0 Å². The molecule has 0 saturated heterocycles. The number of nitrogens with one attached hydrogen (secondary N) is 1. The molecule has 1 fully saturated rings. The summed E-state index contributed by atoms with van der Waals surface area (Å²) < 4.78 is 26.6. The van der Waals surface area contributed by atoms with Crippen molar-refractivity contribution in [1.29, 1.82) is 0 Å². The van der Waals surface area contributed by atoms with E-state index in [4.69, 9.17) is 0 Å². The second-order valence-electron chi connectivity index (χ2n) is 5.40. The normalized spacial score (nSPS) is 25.2. The van der Waals surface area contributed by atoms with Gasteiger partial charge in [-0.1, -0.05) is 19.3 Å². The molecule has 3 N–H and O–H groups in total. The molecular formula is C15H21F2NO2. The standard InChI is InChI=1S/C15H21F2NO2/c16-10-6-7-12(17)11(8-10)15(20)9-18-13-4-2-1-3-5-14(13)19/h6-8,13-15,18-20H,1-5,9H2. The Balaban J connectivity index is 1.93. The Morgan fingerprint density at radius 2 is 1.95 bits per heavy atom. The van der Waals surface area contributed by atoms with E-state index < -0.39 is 23.8 Å². The molecule has 2 rings (SSSR count). The Labute approximate surface area is 117 Å². The van der Waals surface area contributed by atoms with Crippen molar-refractivity contribution in [2.75, 3.05) is 6.54 Å². The first-order valence-electron chi connectivity index (χ1n) is 7.12. The number of hydrogen-bond acceptors (Lipinski definition) is 3. The molecule has 3 nitrogen and oxygen atoms in total. The van der Waals surface area contributed by atoms with E-state index in [0.29, 0.717) is 0 Å². The van der Waals surface area contributed by atoms with Crippen molar-refractivity contribution in [3.05, 3.63) is 35.4 Å². The van der Waals surface area contributed by atoms with E-state index in [9.17, 15) is 19.0 Å². The van der Waals surface area contributed by atoms with Crippen LogP contribution in [0, 0.1) is 11.6 Å². The number of halogens is 2. The van der Waals surface area contributed by atoms with Crippen LogP contribution >= 0.6 is 0 Å². The number of benzene rings is 1. The average molecular weight is 285 g/mol. The molecule has 0 heterocycles. The molecule has 0 spiro atoms. The summed E-state index contributed by atoms with van der Waals surface area (Å²) in [6.07, 6.45) is 3.13. The summed E-state index contributed by atoms with van der Waals surface area (Å²) in [6, 6.07) is 2.94. The Morgan fingerprint density at radius 1 is 1.20 bits per heavy atom. The number of hydrogen-bond donors (Lipinski definition) is 3. The molecule has 0 bridgehead atoms. The van der Waals surface area contributed by atoms with Crippen LogP contribution in [-0.2, 0) is 0 Å². The number of aliphatic hydroxyl groups excluding tert-OH is 2. The molecule has 1 aliphatic rings. The van der Waals surface area contributed by atoms with Gasteiger partial charge in [0, 0.05) is 18.2 Å². The van der Waals surface area contributed by atoms with E-state index in [2.05, 4.69) is 5.32 Å². The van der Waals surface area contributed by atoms with Gasteiger partial charge in [-0.3, -0.25) is 0 Å². The van der Waals surface area contributed by atoms with Gasteiger partial charge in [0.05, 0.1) is 12.2 Å². The molecule has 20 heavy (non-hydrogen) atoms. The minimum absolute atomic E-state index is 0.0550. The van der Waals surface area contributed by atoms with Crippen molar-refractivity contribution in [2.24, 2.45) is 0 Å². The zero-order valence-electron chi connectivity index (χ0n) is 11.4. The zero-order valence-corrected chi connectivity index (χ0v) is 11.4. The third kappa shape index (κ3) is 3.98. The highest BCUT2D eigenvalue weighted by Crippen LogP contribution is 2.21. The maximum absolute atomic E-state index is 13.5. The van der Waals surface area contributed by atoms with Gasteiger partial charge in [0.1, 0.15) is 11.6 Å². The van der Waals surface area contributed by atoms with E-state index in [-0.39, 0.29) is 18.2 Å². The van der Waals surface area contributed by atoms with Crippen molar-refractivity contribution < 1.29 is 19.0 Å². The van der Waals surface area contributed by atoms with E-state index in [1.165, 1.54) is 0 Å². The summed E-state index contributed by atoms with van der Waals surface area (Å²) in [6.45, 7) is 0.0993. The van der Waals surface area contributed by atoms with Gasteiger partial charge in [0.25, 0.3) is 0 Å². The lowest BCUT2D eigenvalue weighted by atomic mass is 10.0. The highest BCUT2D eigenvalue weighted by molar-refractivity contribution is 5.21. The average Bonchev–Trinajstić information content (AvgIpc) is 2.63. The molecule has 0 radical (unpaired) electrons. The predicted octanol–water partition coefficient (Wildman–Crippen LogP) is 2.28. The van der Waals surface area contributed by atoms with Crippen LogP contribution in [0.1, 0.15) is 43.8 Å². The Morgan fingerprint density at radius 3 is 2.75 bits per heavy atom. The van der Waals surface area contributed by atoms with E-state index >= 15 is 0 Å². The second-order valence-corrected chi connectivity index (χ2v) is 5.40. The van der Waals surface area contributed by atoms with Crippen molar-refractivity contribution in [3.8, 4) is 0 Å². The first-order chi connectivity index (χ1) is 9.58. The van der Waals surface area contributed by atoms with Crippen molar-refractivity contribution in [1.82, 2.24) is 5.32 Å². The topological polar surface area (TPSA) is 52.5 Å². The fraction of sp³-hybridized carbons (Fsp3) is 0.600. The van der Waals surface area contributed by atoms with Gasteiger partial charge >= 0.3 is 0 Å². The molecule has 3 unspecified atom stereocenters. The Kier molecular flexibility index (Phi) is 5.46. The summed E-state index contributed by atoms with van der Waals surface area (Å²) in [5.41, 5.74) is -0.0550. The van der Waals surface area contributed by atoms with Crippen LogP contribution < -0.4 is 5.32 Å². The van der Waals surface area contributed by atoms with Crippen molar-refractivity contribution >= 4 is 0 Å². The minimum atomic E-state index is -1.12. The maximum Gasteiger partial charge on any atom is 0.129 e. The zero-order chi connectivity index (χ0) is 14.5. The Hall–Kier alpha value is -1.04.